The van der Waals surface area contributed by atoms with Gasteiger partial charge < -0.3 is 14.5 Å². The van der Waals surface area contributed by atoms with Crippen LogP contribution in [0, 0.1) is 5.92 Å². The molecule has 0 aromatic rings. The number of fused-ring (bicyclic) bond motifs is 3. The van der Waals surface area contributed by atoms with Crippen molar-refractivity contribution in [2.75, 3.05) is 19.8 Å². The number of rotatable bonds is 0. The van der Waals surface area contributed by atoms with Crippen LogP contribution in [0.3, 0.4) is 0 Å². The molecule has 1 aliphatic carbocycles. The van der Waals surface area contributed by atoms with E-state index in [1.165, 1.54) is 0 Å². The van der Waals surface area contributed by atoms with Gasteiger partial charge in [0, 0.05) is 12.3 Å². The fourth-order valence-corrected chi connectivity index (χ4v) is 4.98. The van der Waals surface area contributed by atoms with Crippen molar-refractivity contribution < 1.29 is 41.7 Å². The molecule has 3 fully saturated rings. The van der Waals surface area contributed by atoms with E-state index < -0.39 is 34.0 Å². The Bertz CT molecular complexity index is 498. The normalized spacial score (nSPS) is 50.6. The summed E-state index contributed by atoms with van der Waals surface area (Å²) in [6, 6.07) is 0. The minimum absolute atomic E-state index is 0.0740. The highest BCUT2D eigenvalue weighted by atomic mass is 31.2. The molecule has 2 heterocycles. The Hall–Kier alpha value is 0.180. The molecule has 128 valence electrons. The lowest BCUT2D eigenvalue weighted by atomic mass is 10.1. The van der Waals surface area contributed by atoms with Gasteiger partial charge in [0.15, 0.2) is 0 Å². The van der Waals surface area contributed by atoms with E-state index in [9.17, 15) is 18.9 Å². The average molecular weight is 358 g/mol. The highest BCUT2D eigenvalue weighted by molar-refractivity contribution is 7.47. The second-order valence-corrected chi connectivity index (χ2v) is 8.59. The van der Waals surface area contributed by atoms with E-state index in [1.807, 2.05) is 0 Å². The summed E-state index contributed by atoms with van der Waals surface area (Å²) in [7, 11) is -8.38. The van der Waals surface area contributed by atoms with Crippen LogP contribution in [0.5, 0.6) is 0 Å². The number of hydrogen-bond acceptors (Lipinski definition) is 7. The molecule has 2 aliphatic heterocycles. The summed E-state index contributed by atoms with van der Waals surface area (Å²) in [5.41, 5.74) is 0. The van der Waals surface area contributed by atoms with Crippen molar-refractivity contribution in [2.24, 2.45) is 5.92 Å². The van der Waals surface area contributed by atoms with Gasteiger partial charge in [-0.05, 0) is 12.8 Å². The first-order valence-electron chi connectivity index (χ1n) is 7.26. The lowest BCUT2D eigenvalue weighted by molar-refractivity contribution is 0.0175. The van der Waals surface area contributed by atoms with E-state index in [4.69, 9.17) is 22.8 Å². The van der Waals surface area contributed by atoms with Crippen LogP contribution < -0.4 is 0 Å². The molecule has 3 rings (SSSR count). The first kappa shape index (κ1) is 17.0. The van der Waals surface area contributed by atoms with Crippen molar-refractivity contribution in [3.63, 3.8) is 0 Å². The van der Waals surface area contributed by atoms with Crippen LogP contribution in [0.4, 0.5) is 0 Å². The van der Waals surface area contributed by atoms with Gasteiger partial charge >= 0.3 is 15.6 Å². The van der Waals surface area contributed by atoms with E-state index in [1.54, 1.807) is 0 Å². The first-order chi connectivity index (χ1) is 10.3. The zero-order valence-corrected chi connectivity index (χ0v) is 13.7. The highest BCUT2D eigenvalue weighted by Gasteiger charge is 2.40. The Labute approximate surface area is 128 Å². The largest absolute Gasteiger partial charge is 0.472 e. The van der Waals surface area contributed by atoms with Crippen LogP contribution in [-0.2, 0) is 32.0 Å². The predicted molar refractivity (Wildman–Crippen MR) is 73.0 cm³/mol. The monoisotopic (exact) mass is 358 g/mol. The summed E-state index contributed by atoms with van der Waals surface area (Å²) >= 11 is 0. The number of ether oxygens (including phenoxy) is 1. The van der Waals surface area contributed by atoms with Gasteiger partial charge in [-0.3, -0.25) is 18.1 Å². The molecule has 11 heteroatoms. The molecule has 2 bridgehead atoms. The molecule has 2 saturated heterocycles. The Kier molecular flexibility index (Phi) is 5.10. The molecule has 2 N–H and O–H groups in total. The third-order valence-corrected chi connectivity index (χ3v) is 6.11. The summed E-state index contributed by atoms with van der Waals surface area (Å²) in [6.07, 6.45) is 0.665. The van der Waals surface area contributed by atoms with E-state index >= 15 is 0 Å². The molecule has 0 aromatic heterocycles. The zero-order valence-electron chi connectivity index (χ0n) is 11.9. The molecule has 1 saturated carbocycles. The molecular weight excluding hydrogens is 338 g/mol. The Balaban J connectivity index is 1.75. The summed E-state index contributed by atoms with van der Waals surface area (Å²) in [6.45, 7) is -0.109. The lowest BCUT2D eigenvalue weighted by Gasteiger charge is -2.23. The smallest absolute Gasteiger partial charge is 0.373 e. The molecular formula is C11H20O9P2. The molecule has 3 aliphatic rings. The number of phosphoric acid groups is 2. The highest BCUT2D eigenvalue weighted by Crippen LogP contribution is 2.52. The van der Waals surface area contributed by atoms with Crippen LogP contribution in [0.1, 0.15) is 25.7 Å². The second-order valence-electron chi connectivity index (χ2n) is 5.78. The minimum Gasteiger partial charge on any atom is -0.373 e. The maximum Gasteiger partial charge on any atom is 0.472 e. The van der Waals surface area contributed by atoms with Gasteiger partial charge in [0.2, 0.25) is 0 Å². The summed E-state index contributed by atoms with van der Waals surface area (Å²) in [4.78, 5) is 19.5. The van der Waals surface area contributed by atoms with Crippen molar-refractivity contribution in [2.45, 2.75) is 44.0 Å². The first-order valence-corrected chi connectivity index (χ1v) is 10.3. The van der Waals surface area contributed by atoms with Crippen molar-refractivity contribution in [3.8, 4) is 0 Å². The third kappa shape index (κ3) is 4.38. The molecule has 0 aromatic carbocycles. The van der Waals surface area contributed by atoms with Crippen LogP contribution >= 0.6 is 15.6 Å². The van der Waals surface area contributed by atoms with Gasteiger partial charge in [-0.1, -0.05) is 6.42 Å². The third-order valence-electron chi connectivity index (χ3n) is 4.06. The maximum absolute atomic E-state index is 12.0. The van der Waals surface area contributed by atoms with E-state index in [2.05, 4.69) is 0 Å². The van der Waals surface area contributed by atoms with Crippen molar-refractivity contribution >= 4 is 15.6 Å². The van der Waals surface area contributed by atoms with E-state index in [0.717, 1.165) is 6.42 Å². The van der Waals surface area contributed by atoms with Gasteiger partial charge in [-0.15, -0.1) is 0 Å². The minimum atomic E-state index is -4.19. The average Bonchev–Trinajstić information content (AvgIpc) is 3.02. The topological polar surface area (TPSA) is 121 Å². The van der Waals surface area contributed by atoms with Gasteiger partial charge in [0.25, 0.3) is 0 Å². The summed E-state index contributed by atoms with van der Waals surface area (Å²) in [5.74, 6) is -0.248. The van der Waals surface area contributed by atoms with E-state index in [-0.39, 0.29) is 32.2 Å². The van der Waals surface area contributed by atoms with Gasteiger partial charge in [-0.25, -0.2) is 9.13 Å². The maximum atomic E-state index is 12.0. The fraction of sp³-hybridized carbons (Fsp3) is 1.00. The summed E-state index contributed by atoms with van der Waals surface area (Å²) < 4.78 is 49.5. The van der Waals surface area contributed by atoms with Crippen molar-refractivity contribution in [3.05, 3.63) is 0 Å². The standard InChI is InChI=1S/C11H20O9P2/c12-21(13)17-5-8-2-1-3-11(8)20-22(14,15)18-7-9-4-10(19-21)6-16-9/h8-11H,1-7H2,(H,12,13)(H,14,15). The van der Waals surface area contributed by atoms with Crippen molar-refractivity contribution in [1.29, 1.82) is 0 Å². The van der Waals surface area contributed by atoms with Crippen LogP contribution in [0.25, 0.3) is 0 Å². The molecule has 22 heavy (non-hydrogen) atoms. The lowest BCUT2D eigenvalue weighted by Crippen LogP contribution is -2.22. The van der Waals surface area contributed by atoms with Crippen LogP contribution in [-0.4, -0.2) is 47.9 Å². The number of phosphoric ester groups is 2. The van der Waals surface area contributed by atoms with Crippen molar-refractivity contribution in [1.82, 2.24) is 0 Å². The van der Waals surface area contributed by atoms with Gasteiger partial charge in [-0.2, -0.15) is 0 Å². The second kappa shape index (κ2) is 6.59. The molecule has 9 nitrogen and oxygen atoms in total. The molecule has 0 spiro atoms. The summed E-state index contributed by atoms with van der Waals surface area (Å²) in [5, 5.41) is 0. The Morgan fingerprint density at radius 1 is 0.864 bits per heavy atom. The van der Waals surface area contributed by atoms with Gasteiger partial charge in [0.1, 0.15) is 0 Å². The molecule has 6 unspecified atom stereocenters. The molecule has 0 amide bonds. The van der Waals surface area contributed by atoms with Crippen LogP contribution in [0.2, 0.25) is 0 Å². The Morgan fingerprint density at radius 3 is 2.41 bits per heavy atom. The molecule has 6 atom stereocenters. The quantitative estimate of drug-likeness (QED) is 0.622. The molecule has 0 radical (unpaired) electrons. The fourth-order valence-electron chi connectivity index (χ4n) is 2.98. The van der Waals surface area contributed by atoms with Gasteiger partial charge in [0.05, 0.1) is 38.1 Å². The number of hydrogen-bond donors (Lipinski definition) is 2. The SMILES string of the molecule is O=P1(O)OCC2CCCC2OP(=O)(O)OCC2CC(CO2)O1. The zero-order chi connectivity index (χ0) is 15.8. The predicted octanol–water partition coefficient (Wildman–Crippen LogP) is 1.59. The van der Waals surface area contributed by atoms with Crippen LogP contribution in [0.15, 0.2) is 0 Å². The van der Waals surface area contributed by atoms with E-state index in [0.29, 0.717) is 12.8 Å². The Morgan fingerprint density at radius 2 is 1.59 bits per heavy atom.